The van der Waals surface area contributed by atoms with Gasteiger partial charge in [-0.15, -0.1) is 0 Å². The van der Waals surface area contributed by atoms with Crippen molar-refractivity contribution in [2.75, 3.05) is 6.61 Å². The van der Waals surface area contributed by atoms with Crippen molar-refractivity contribution >= 4 is 17.6 Å². The fraction of sp³-hybridized carbons (Fsp3) is 0.350. The number of rotatable bonds is 6. The second-order valence-electron chi connectivity index (χ2n) is 6.13. The van der Waals surface area contributed by atoms with Crippen molar-refractivity contribution in [3.8, 4) is 5.75 Å². The topological polar surface area (TPSA) is 35.5 Å². The second-order valence-corrected chi connectivity index (χ2v) is 6.57. The van der Waals surface area contributed by atoms with E-state index in [1.807, 2.05) is 48.5 Å². The van der Waals surface area contributed by atoms with Gasteiger partial charge in [-0.1, -0.05) is 35.9 Å². The van der Waals surface area contributed by atoms with Gasteiger partial charge in [-0.25, -0.2) is 4.79 Å². The average Bonchev–Trinajstić information content (AvgIpc) is 3.09. The van der Waals surface area contributed by atoms with Crippen LogP contribution >= 0.6 is 11.6 Å². The van der Waals surface area contributed by atoms with Crippen LogP contribution in [-0.4, -0.2) is 18.7 Å². The molecule has 0 amide bonds. The van der Waals surface area contributed by atoms with Gasteiger partial charge in [-0.3, -0.25) is 0 Å². The maximum absolute atomic E-state index is 11.7. The van der Waals surface area contributed by atoms with Gasteiger partial charge >= 0.3 is 5.97 Å². The number of halogens is 1. The zero-order valence-electron chi connectivity index (χ0n) is 13.5. The van der Waals surface area contributed by atoms with Crippen LogP contribution in [0.2, 0.25) is 5.02 Å². The molecule has 3 nitrogen and oxygen atoms in total. The predicted octanol–water partition coefficient (Wildman–Crippen LogP) is 4.80. The van der Waals surface area contributed by atoms with Gasteiger partial charge in [0.2, 0.25) is 0 Å². The van der Waals surface area contributed by atoms with E-state index in [1.165, 1.54) is 11.1 Å². The van der Waals surface area contributed by atoms with Crippen LogP contribution in [0.4, 0.5) is 0 Å². The monoisotopic (exact) mass is 344 g/mol. The molecule has 1 saturated carbocycles. The minimum Gasteiger partial charge on any atom is -0.482 e. The van der Waals surface area contributed by atoms with Gasteiger partial charge in [-0.05, 0) is 67.5 Å². The lowest BCUT2D eigenvalue weighted by Crippen LogP contribution is -2.20. The largest absolute Gasteiger partial charge is 0.482 e. The highest BCUT2D eigenvalue weighted by Crippen LogP contribution is 2.21. The molecule has 126 valence electrons. The number of carbonyl (C=O) groups excluding carboxylic acids is 1. The predicted molar refractivity (Wildman–Crippen MR) is 94.5 cm³/mol. The summed E-state index contributed by atoms with van der Waals surface area (Å²) in [5.41, 5.74) is 2.38. The van der Waals surface area contributed by atoms with Crippen LogP contribution < -0.4 is 4.74 Å². The molecule has 0 aliphatic heterocycles. The van der Waals surface area contributed by atoms with Crippen molar-refractivity contribution < 1.29 is 14.3 Å². The Morgan fingerprint density at radius 2 is 1.54 bits per heavy atom. The van der Waals surface area contributed by atoms with Gasteiger partial charge in [0.25, 0.3) is 0 Å². The van der Waals surface area contributed by atoms with E-state index >= 15 is 0 Å². The van der Waals surface area contributed by atoms with Crippen LogP contribution in [0.5, 0.6) is 5.75 Å². The van der Waals surface area contributed by atoms with E-state index < -0.39 is 0 Å². The Labute approximate surface area is 147 Å². The van der Waals surface area contributed by atoms with E-state index in [9.17, 15) is 4.79 Å². The maximum Gasteiger partial charge on any atom is 0.344 e. The molecule has 4 heteroatoms. The van der Waals surface area contributed by atoms with Crippen LogP contribution in [0, 0.1) is 0 Å². The molecule has 0 bridgehead atoms. The summed E-state index contributed by atoms with van der Waals surface area (Å²) >= 11 is 5.89. The third-order valence-corrected chi connectivity index (χ3v) is 4.45. The lowest BCUT2D eigenvalue weighted by atomic mass is 10.1. The lowest BCUT2D eigenvalue weighted by molar-refractivity contribution is -0.151. The number of carbonyl (C=O) groups is 1. The number of hydrogen-bond acceptors (Lipinski definition) is 3. The van der Waals surface area contributed by atoms with Gasteiger partial charge in [0.1, 0.15) is 11.9 Å². The highest BCUT2D eigenvalue weighted by atomic mass is 35.5. The summed E-state index contributed by atoms with van der Waals surface area (Å²) in [6.07, 6.45) is 5.17. The molecule has 1 aliphatic rings. The van der Waals surface area contributed by atoms with Crippen LogP contribution in [0.3, 0.4) is 0 Å². The number of benzene rings is 2. The first kappa shape index (κ1) is 16.8. The second kappa shape index (κ2) is 8.20. The van der Waals surface area contributed by atoms with Crippen molar-refractivity contribution in [3.05, 3.63) is 64.7 Å². The quantitative estimate of drug-likeness (QED) is 0.706. The molecule has 0 radical (unpaired) electrons. The summed E-state index contributed by atoms with van der Waals surface area (Å²) < 4.78 is 10.9. The molecule has 2 aromatic carbocycles. The average molecular weight is 345 g/mol. The molecule has 3 rings (SSSR count). The van der Waals surface area contributed by atoms with Crippen LogP contribution in [0.25, 0.3) is 0 Å². The lowest BCUT2D eigenvalue weighted by Gasteiger charge is -2.12. The molecule has 0 saturated heterocycles. The third-order valence-electron chi connectivity index (χ3n) is 4.20. The molecule has 1 fully saturated rings. The van der Waals surface area contributed by atoms with Crippen molar-refractivity contribution in [1.29, 1.82) is 0 Å². The smallest absolute Gasteiger partial charge is 0.344 e. The molecule has 24 heavy (non-hydrogen) atoms. The van der Waals surface area contributed by atoms with Gasteiger partial charge in [0, 0.05) is 5.02 Å². The molecule has 0 atom stereocenters. The van der Waals surface area contributed by atoms with Gasteiger partial charge in [-0.2, -0.15) is 0 Å². The highest BCUT2D eigenvalue weighted by molar-refractivity contribution is 6.30. The first-order chi connectivity index (χ1) is 11.7. The first-order valence-corrected chi connectivity index (χ1v) is 8.72. The molecule has 0 heterocycles. The summed E-state index contributed by atoms with van der Waals surface area (Å²) in [5.74, 6) is 0.394. The Bertz CT molecular complexity index is 658. The Kier molecular flexibility index (Phi) is 5.76. The minimum absolute atomic E-state index is 0.0347. The van der Waals surface area contributed by atoms with Crippen LogP contribution in [0.15, 0.2) is 48.5 Å². The standard InChI is InChI=1S/C20H21ClO3/c21-17-9-5-15(6-10-17)13-16-7-11-18(12-8-16)23-14-20(22)24-19-3-1-2-4-19/h5-12,19H,1-4,13-14H2. The van der Waals surface area contributed by atoms with Crippen LogP contribution in [-0.2, 0) is 16.0 Å². The van der Waals surface area contributed by atoms with E-state index in [0.717, 1.165) is 37.1 Å². The normalized spacial score (nSPS) is 14.5. The Balaban J connectivity index is 1.47. The van der Waals surface area contributed by atoms with Crippen molar-refractivity contribution in [1.82, 2.24) is 0 Å². The summed E-state index contributed by atoms with van der Waals surface area (Å²) in [5, 5.41) is 0.743. The van der Waals surface area contributed by atoms with Gasteiger partial charge in [0.15, 0.2) is 6.61 Å². The minimum atomic E-state index is -0.285. The zero-order valence-corrected chi connectivity index (χ0v) is 14.3. The van der Waals surface area contributed by atoms with E-state index in [2.05, 4.69) is 0 Å². The van der Waals surface area contributed by atoms with Crippen LogP contribution in [0.1, 0.15) is 36.8 Å². The summed E-state index contributed by atoms with van der Waals surface area (Å²) in [7, 11) is 0. The van der Waals surface area contributed by atoms with E-state index in [1.54, 1.807) is 0 Å². The molecular weight excluding hydrogens is 324 g/mol. The maximum atomic E-state index is 11.7. The Morgan fingerprint density at radius 1 is 0.958 bits per heavy atom. The Hall–Kier alpha value is -2.00. The fourth-order valence-corrected chi connectivity index (χ4v) is 3.04. The summed E-state index contributed by atoms with van der Waals surface area (Å²) in [6, 6.07) is 15.6. The molecule has 2 aromatic rings. The van der Waals surface area contributed by atoms with E-state index in [-0.39, 0.29) is 18.7 Å². The highest BCUT2D eigenvalue weighted by Gasteiger charge is 2.19. The summed E-state index contributed by atoms with van der Waals surface area (Å²) in [4.78, 5) is 11.7. The van der Waals surface area contributed by atoms with Gasteiger partial charge in [0.05, 0.1) is 0 Å². The van der Waals surface area contributed by atoms with Crippen molar-refractivity contribution in [3.63, 3.8) is 0 Å². The number of hydrogen-bond donors (Lipinski definition) is 0. The molecule has 0 unspecified atom stereocenters. The molecular formula is C20H21ClO3. The third kappa shape index (κ3) is 5.00. The van der Waals surface area contributed by atoms with Crippen molar-refractivity contribution in [2.45, 2.75) is 38.2 Å². The Morgan fingerprint density at radius 3 is 2.17 bits per heavy atom. The number of esters is 1. The fourth-order valence-electron chi connectivity index (χ4n) is 2.91. The molecule has 1 aliphatic carbocycles. The SMILES string of the molecule is O=C(COc1ccc(Cc2ccc(Cl)cc2)cc1)OC1CCCC1. The molecule has 0 N–H and O–H groups in total. The van der Waals surface area contributed by atoms with E-state index in [4.69, 9.17) is 21.1 Å². The number of ether oxygens (including phenoxy) is 2. The van der Waals surface area contributed by atoms with Crippen molar-refractivity contribution in [2.24, 2.45) is 0 Å². The molecule has 0 spiro atoms. The van der Waals surface area contributed by atoms with Gasteiger partial charge < -0.3 is 9.47 Å². The molecule has 0 aromatic heterocycles. The summed E-state index contributed by atoms with van der Waals surface area (Å²) in [6.45, 7) is -0.0347. The van der Waals surface area contributed by atoms with E-state index in [0.29, 0.717) is 5.75 Å². The zero-order chi connectivity index (χ0) is 16.8. The first-order valence-electron chi connectivity index (χ1n) is 8.35.